The van der Waals surface area contributed by atoms with E-state index < -0.39 is 25.3 Å². The number of benzene rings is 1. The average Bonchev–Trinajstić information content (AvgIpc) is 2.40. The molecule has 1 rings (SSSR count). The van der Waals surface area contributed by atoms with E-state index in [-0.39, 0.29) is 0 Å². The monoisotopic (exact) mass is 384 g/mol. The zero-order chi connectivity index (χ0) is 20.0. The van der Waals surface area contributed by atoms with Gasteiger partial charge in [0.1, 0.15) is 0 Å². The summed E-state index contributed by atoms with van der Waals surface area (Å²) in [4.78, 5) is 0. The molecule has 26 heavy (non-hydrogen) atoms. The molecule has 1 aromatic carbocycles. The van der Waals surface area contributed by atoms with Crippen molar-refractivity contribution in [1.82, 2.24) is 0 Å². The van der Waals surface area contributed by atoms with Gasteiger partial charge in [0.25, 0.3) is 0 Å². The molecule has 0 radical (unpaired) electrons. The minimum atomic E-state index is -3.86. The van der Waals surface area contributed by atoms with E-state index in [4.69, 9.17) is 18.3 Å². The molecule has 0 aliphatic carbocycles. The quantitative estimate of drug-likeness (QED) is 0.286. The summed E-state index contributed by atoms with van der Waals surface area (Å²) in [5.41, 5.74) is -0.267. The number of aryl methyl sites for hydroxylation is 1. The maximum Gasteiger partial charge on any atom is 0.478 e. The second-order valence-electron chi connectivity index (χ2n) is 8.23. The molecule has 148 valence electrons. The molecule has 1 atom stereocenters. The van der Waals surface area contributed by atoms with Crippen LogP contribution in [0.15, 0.2) is 42.7 Å². The Hall–Kier alpha value is -1.13. The van der Waals surface area contributed by atoms with Crippen molar-refractivity contribution in [2.24, 2.45) is 0 Å². The first-order chi connectivity index (χ1) is 11.8. The lowest BCUT2D eigenvalue weighted by Crippen LogP contribution is -2.27. The van der Waals surface area contributed by atoms with Crippen molar-refractivity contribution >= 4 is 7.82 Å². The molecule has 1 aromatic rings. The maximum atomic E-state index is 13.3. The van der Waals surface area contributed by atoms with Crippen LogP contribution in [-0.4, -0.2) is 17.5 Å². The predicted molar refractivity (Wildman–Crippen MR) is 105 cm³/mol. The van der Waals surface area contributed by atoms with E-state index in [1.165, 1.54) is 0 Å². The summed E-state index contributed by atoms with van der Waals surface area (Å²) in [6.45, 7) is 16.3. The Morgan fingerprint density at radius 1 is 1.04 bits per heavy atom. The Balaban J connectivity index is 2.94. The normalized spacial score (nSPS) is 14.1. The number of allylic oxidation sites excluding steroid dienone is 1. The molecule has 0 N–H and O–H groups in total. The molecule has 0 heterocycles. The van der Waals surface area contributed by atoms with Gasteiger partial charge >= 0.3 is 7.82 Å². The maximum absolute atomic E-state index is 13.3. The summed E-state index contributed by atoms with van der Waals surface area (Å²) < 4.78 is 36.0. The minimum Gasteiger partial charge on any atom is -0.470 e. The molecule has 0 bridgehead atoms. The predicted octanol–water partition coefficient (Wildman–Crippen LogP) is 6.25. The van der Waals surface area contributed by atoms with Crippen LogP contribution >= 0.6 is 7.82 Å². The van der Waals surface area contributed by atoms with Gasteiger partial charge in [-0.15, -0.1) is 0 Å². The summed E-state index contributed by atoms with van der Waals surface area (Å²) in [6, 6.07) is 9.95. The van der Waals surface area contributed by atoms with Gasteiger partial charge in [-0.2, -0.15) is 0 Å². The molecule has 0 aliphatic rings. The van der Waals surface area contributed by atoms with Crippen molar-refractivity contribution in [3.8, 4) is 0 Å². The molecule has 1 unspecified atom stereocenters. The van der Waals surface area contributed by atoms with Gasteiger partial charge in [0.05, 0.1) is 17.0 Å². The van der Waals surface area contributed by atoms with Crippen LogP contribution in [0.4, 0.5) is 0 Å². The van der Waals surface area contributed by atoms with Crippen LogP contribution in [0.2, 0.25) is 0 Å². The van der Waals surface area contributed by atoms with Crippen molar-refractivity contribution in [3.05, 3.63) is 48.2 Å². The van der Waals surface area contributed by atoms with Gasteiger partial charge < -0.3 is 4.74 Å². The Bertz CT molecular complexity index is 593. The topological polar surface area (TPSA) is 54.0 Å². The Morgan fingerprint density at radius 3 is 1.96 bits per heavy atom. The van der Waals surface area contributed by atoms with E-state index in [1.54, 1.807) is 48.5 Å². The highest BCUT2D eigenvalue weighted by atomic mass is 31.2. The molecule has 0 fully saturated rings. The summed E-state index contributed by atoms with van der Waals surface area (Å²) in [5.74, 6) is 0.473. The Kier molecular flexibility index (Phi) is 8.09. The van der Waals surface area contributed by atoms with Gasteiger partial charge in [0.2, 0.25) is 6.29 Å². The summed E-state index contributed by atoms with van der Waals surface area (Å²) >= 11 is 0. The summed E-state index contributed by atoms with van der Waals surface area (Å²) in [6.07, 6.45) is 0.398. The van der Waals surface area contributed by atoms with E-state index in [0.717, 1.165) is 5.56 Å². The number of rotatable bonds is 9. The van der Waals surface area contributed by atoms with E-state index in [2.05, 4.69) is 6.58 Å². The molecule has 6 heteroatoms. The molecular weight excluding hydrogens is 351 g/mol. The first kappa shape index (κ1) is 22.9. The zero-order valence-corrected chi connectivity index (χ0v) is 18.0. The van der Waals surface area contributed by atoms with Crippen LogP contribution in [0.1, 0.15) is 60.5 Å². The lowest BCUT2D eigenvalue weighted by molar-refractivity contribution is -0.0922. The second kappa shape index (κ2) is 9.18. The molecule has 0 aromatic heterocycles. The third kappa shape index (κ3) is 10.1. The van der Waals surface area contributed by atoms with E-state index >= 15 is 0 Å². The fraction of sp³-hybridized carbons (Fsp3) is 0.600. The fourth-order valence-electron chi connectivity index (χ4n) is 2.16. The lowest BCUT2D eigenvalue weighted by atomic mass is 10.1. The van der Waals surface area contributed by atoms with Crippen LogP contribution in [0.25, 0.3) is 0 Å². The molecule has 0 saturated heterocycles. The van der Waals surface area contributed by atoms with E-state index in [9.17, 15) is 4.57 Å². The number of hydrogen-bond donors (Lipinski definition) is 0. The van der Waals surface area contributed by atoms with Gasteiger partial charge in [0, 0.05) is 6.42 Å². The molecule has 0 aliphatic heterocycles. The van der Waals surface area contributed by atoms with Crippen molar-refractivity contribution in [2.45, 2.75) is 78.8 Å². The smallest absolute Gasteiger partial charge is 0.470 e. The zero-order valence-electron chi connectivity index (χ0n) is 17.1. The van der Waals surface area contributed by atoms with E-state index in [1.807, 2.05) is 30.3 Å². The molecule has 0 spiro atoms. The van der Waals surface area contributed by atoms with Crippen LogP contribution in [0.3, 0.4) is 0 Å². The fourth-order valence-corrected chi connectivity index (χ4v) is 4.06. The molecule has 5 nitrogen and oxygen atoms in total. The molecule has 0 saturated carbocycles. The largest absolute Gasteiger partial charge is 0.478 e. The highest BCUT2D eigenvalue weighted by Crippen LogP contribution is 2.56. The number of phosphoric acid groups is 1. The van der Waals surface area contributed by atoms with Gasteiger partial charge in [-0.1, -0.05) is 36.9 Å². The lowest BCUT2D eigenvalue weighted by Gasteiger charge is -2.33. The third-order valence-corrected chi connectivity index (χ3v) is 4.90. The third-order valence-electron chi connectivity index (χ3n) is 2.86. The Labute approximate surface area is 158 Å². The number of ether oxygens (including phenoxy) is 1. The minimum absolute atomic E-state index is 0.473. The summed E-state index contributed by atoms with van der Waals surface area (Å²) in [5, 5.41) is 0. The molecular formula is C20H33O5P. The van der Waals surface area contributed by atoms with Crippen LogP contribution < -0.4 is 0 Å². The highest BCUT2D eigenvalue weighted by Gasteiger charge is 2.40. The van der Waals surface area contributed by atoms with Crippen molar-refractivity contribution in [1.29, 1.82) is 0 Å². The first-order valence-electron chi connectivity index (χ1n) is 8.84. The summed E-state index contributed by atoms with van der Waals surface area (Å²) in [7, 11) is -3.86. The van der Waals surface area contributed by atoms with Gasteiger partial charge in [-0.05, 0) is 60.5 Å². The van der Waals surface area contributed by atoms with Gasteiger partial charge in [-0.3, -0.25) is 9.05 Å². The van der Waals surface area contributed by atoms with Gasteiger partial charge in [-0.25, -0.2) is 9.09 Å². The van der Waals surface area contributed by atoms with Crippen LogP contribution in [-0.2, 0) is 29.3 Å². The van der Waals surface area contributed by atoms with E-state index in [0.29, 0.717) is 18.6 Å². The van der Waals surface area contributed by atoms with Crippen molar-refractivity contribution in [2.75, 3.05) is 0 Å². The Morgan fingerprint density at radius 2 is 1.54 bits per heavy atom. The SMILES string of the molecule is C=C(C)OC(CCc1ccccc1)OP(=O)(OC(C)(C)C)OC(C)(C)C. The number of phosphoric ester groups is 1. The number of hydrogen-bond acceptors (Lipinski definition) is 5. The first-order valence-corrected chi connectivity index (χ1v) is 10.3. The second-order valence-corrected chi connectivity index (χ2v) is 9.70. The van der Waals surface area contributed by atoms with Crippen molar-refractivity contribution < 1.29 is 22.9 Å². The highest BCUT2D eigenvalue weighted by molar-refractivity contribution is 7.48. The molecule has 0 amide bonds. The van der Waals surface area contributed by atoms with Crippen LogP contribution in [0, 0.1) is 0 Å². The van der Waals surface area contributed by atoms with Crippen LogP contribution in [0.5, 0.6) is 0 Å². The average molecular weight is 384 g/mol. The van der Waals surface area contributed by atoms with Crippen molar-refractivity contribution in [3.63, 3.8) is 0 Å². The van der Waals surface area contributed by atoms with Gasteiger partial charge in [0.15, 0.2) is 0 Å². The standard InChI is InChI=1S/C20H33O5P/c1-16(2)22-18(15-14-17-12-10-9-11-13-17)23-26(21,24-19(3,4)5)25-20(6,7)8/h9-13,18H,1,14-15H2,2-8H3.